The van der Waals surface area contributed by atoms with Gasteiger partial charge >= 0.3 is 11.9 Å². The Bertz CT molecular complexity index is 1110. The fourth-order valence-electron chi connectivity index (χ4n) is 9.17. The minimum Gasteiger partial charge on any atom is -0.472 e. The Balaban J connectivity index is 1.49. The zero-order valence-corrected chi connectivity index (χ0v) is 21.2. The molecule has 190 valence electrons. The molecule has 3 saturated heterocycles. The van der Waals surface area contributed by atoms with Gasteiger partial charge in [0.2, 0.25) is 0 Å². The summed E-state index contributed by atoms with van der Waals surface area (Å²) in [6.07, 6.45) is 3.31. The van der Waals surface area contributed by atoms with E-state index in [-0.39, 0.29) is 30.0 Å². The van der Waals surface area contributed by atoms with Crippen molar-refractivity contribution in [3.63, 3.8) is 0 Å². The maximum Gasteiger partial charge on any atom is 0.339 e. The van der Waals surface area contributed by atoms with Crippen molar-refractivity contribution < 1.29 is 37.7 Å². The molecule has 9 atom stereocenters. The molecule has 1 aromatic heterocycles. The van der Waals surface area contributed by atoms with E-state index in [1.165, 1.54) is 7.11 Å². The van der Waals surface area contributed by atoms with Crippen molar-refractivity contribution in [3.05, 3.63) is 24.2 Å². The van der Waals surface area contributed by atoms with Crippen LogP contribution in [0, 0.1) is 28.1 Å². The maximum absolute atomic E-state index is 14.2. The number of furan rings is 1. The minimum absolute atomic E-state index is 0.0617. The molecule has 8 nitrogen and oxygen atoms in total. The molecule has 5 aliphatic rings. The van der Waals surface area contributed by atoms with Crippen molar-refractivity contribution in [2.45, 2.75) is 89.8 Å². The number of hydrogen-bond donors (Lipinski definition) is 0. The van der Waals surface area contributed by atoms with Gasteiger partial charge < -0.3 is 23.4 Å². The second-order valence-electron chi connectivity index (χ2n) is 12.4. The van der Waals surface area contributed by atoms with Gasteiger partial charge in [-0.3, -0.25) is 9.59 Å². The molecule has 1 spiro atoms. The number of hydrogen-bond acceptors (Lipinski definition) is 8. The van der Waals surface area contributed by atoms with E-state index in [0.29, 0.717) is 12.8 Å². The quantitative estimate of drug-likeness (QED) is 0.470. The number of epoxide rings is 1. The molecule has 5 fully saturated rings. The molecule has 2 aliphatic carbocycles. The van der Waals surface area contributed by atoms with E-state index in [1.807, 2.05) is 26.8 Å². The van der Waals surface area contributed by atoms with Gasteiger partial charge in [0.15, 0.2) is 6.10 Å². The number of methoxy groups -OCH3 is 1. The molecule has 6 rings (SSSR count). The van der Waals surface area contributed by atoms with Crippen LogP contribution in [-0.4, -0.2) is 48.2 Å². The summed E-state index contributed by atoms with van der Waals surface area (Å²) in [6, 6.07) is 1.81. The lowest BCUT2D eigenvalue weighted by atomic mass is 9.37. The van der Waals surface area contributed by atoms with E-state index in [2.05, 4.69) is 13.8 Å². The van der Waals surface area contributed by atoms with Crippen LogP contribution in [0.15, 0.2) is 23.0 Å². The molecule has 0 aromatic carbocycles. The van der Waals surface area contributed by atoms with E-state index < -0.39 is 51.7 Å². The first kappa shape index (κ1) is 23.2. The van der Waals surface area contributed by atoms with Crippen molar-refractivity contribution in [1.29, 1.82) is 0 Å². The van der Waals surface area contributed by atoms with Gasteiger partial charge in [-0.25, -0.2) is 4.79 Å². The molecule has 0 amide bonds. The standard InChI is InChI=1S/C27H34O8/c1-23(2)16-11-17(28)26(5)15(25(16,4)18(34-23)12-19(29)31-6)7-9-24(3)20(14-8-10-32-13-14)33-22(30)21-27(24,26)35-21/h8,10,13,15-16,18,20-21H,7,9,11-12H2,1-6H3/t15-,16+,18-,20+,21-,24+,25-,26+,27-/m1/s1. The number of cyclic esters (lactones) is 1. The van der Waals surface area contributed by atoms with Crippen molar-refractivity contribution in [2.75, 3.05) is 7.11 Å². The highest BCUT2D eigenvalue weighted by Crippen LogP contribution is 2.79. The number of carbonyl (C=O) groups is 3. The molecule has 0 unspecified atom stereocenters. The van der Waals surface area contributed by atoms with Crippen LogP contribution in [0.3, 0.4) is 0 Å². The number of ether oxygens (including phenoxy) is 4. The third-order valence-electron chi connectivity index (χ3n) is 10.8. The Morgan fingerprint density at radius 2 is 1.83 bits per heavy atom. The van der Waals surface area contributed by atoms with Gasteiger partial charge in [0.25, 0.3) is 0 Å². The minimum atomic E-state index is -0.978. The maximum atomic E-state index is 14.2. The zero-order chi connectivity index (χ0) is 25.2. The highest BCUT2D eigenvalue weighted by molar-refractivity contribution is 5.93. The lowest BCUT2D eigenvalue weighted by Crippen LogP contribution is -2.71. The lowest BCUT2D eigenvalue weighted by molar-refractivity contribution is -0.211. The average Bonchev–Trinajstić information content (AvgIpc) is 3.30. The van der Waals surface area contributed by atoms with Crippen molar-refractivity contribution in [3.8, 4) is 0 Å². The van der Waals surface area contributed by atoms with Crippen LogP contribution in [0.25, 0.3) is 0 Å². The molecule has 0 bridgehead atoms. The van der Waals surface area contributed by atoms with Crippen molar-refractivity contribution >= 4 is 17.7 Å². The highest BCUT2D eigenvalue weighted by Gasteiger charge is 2.89. The summed E-state index contributed by atoms with van der Waals surface area (Å²) in [4.78, 5) is 39.8. The first-order chi connectivity index (χ1) is 16.4. The Morgan fingerprint density at radius 1 is 1.09 bits per heavy atom. The normalized spacial score (nSPS) is 49.3. The van der Waals surface area contributed by atoms with Crippen LogP contribution in [0.1, 0.15) is 72.0 Å². The van der Waals surface area contributed by atoms with E-state index in [0.717, 1.165) is 12.0 Å². The summed E-state index contributed by atoms with van der Waals surface area (Å²) in [5.74, 6) is -0.842. The third kappa shape index (κ3) is 2.48. The molecular formula is C27H34O8. The van der Waals surface area contributed by atoms with E-state index in [1.54, 1.807) is 12.5 Å². The summed E-state index contributed by atoms with van der Waals surface area (Å²) in [6.45, 7) is 10.3. The Kier molecular flexibility index (Phi) is 4.49. The number of esters is 2. The number of ketones is 1. The summed E-state index contributed by atoms with van der Waals surface area (Å²) in [5, 5.41) is 0. The van der Waals surface area contributed by atoms with Gasteiger partial charge in [0.05, 0.1) is 43.2 Å². The molecule has 3 aliphatic heterocycles. The zero-order valence-electron chi connectivity index (χ0n) is 21.2. The molecule has 8 heteroatoms. The molecule has 4 heterocycles. The molecule has 1 aromatic rings. The molecular weight excluding hydrogens is 452 g/mol. The van der Waals surface area contributed by atoms with Crippen LogP contribution in [0.4, 0.5) is 0 Å². The molecule has 35 heavy (non-hydrogen) atoms. The Morgan fingerprint density at radius 3 is 2.49 bits per heavy atom. The average molecular weight is 487 g/mol. The predicted molar refractivity (Wildman–Crippen MR) is 121 cm³/mol. The van der Waals surface area contributed by atoms with Crippen molar-refractivity contribution in [1.82, 2.24) is 0 Å². The smallest absolute Gasteiger partial charge is 0.339 e. The topological polar surface area (TPSA) is 105 Å². The van der Waals surface area contributed by atoms with E-state index >= 15 is 0 Å². The van der Waals surface area contributed by atoms with E-state index in [4.69, 9.17) is 23.4 Å². The fraction of sp³-hybridized carbons (Fsp3) is 0.741. The first-order valence-corrected chi connectivity index (χ1v) is 12.6. The van der Waals surface area contributed by atoms with E-state index in [9.17, 15) is 14.4 Å². The van der Waals surface area contributed by atoms with Crippen LogP contribution < -0.4 is 0 Å². The molecule has 2 saturated carbocycles. The Hall–Kier alpha value is -2.19. The van der Waals surface area contributed by atoms with Crippen molar-refractivity contribution in [2.24, 2.45) is 28.1 Å². The SMILES string of the molecule is COC(=O)C[C@H]1OC(C)(C)[C@@H]2CC(=O)[C@]3(C)[C@H](CC[C@@]4(C)[C@H](c5ccoc5)OC(=O)[C@H]5O[C@]543)[C@@]12C. The summed E-state index contributed by atoms with van der Waals surface area (Å²) in [7, 11) is 1.38. The van der Waals surface area contributed by atoms with Gasteiger partial charge in [0.1, 0.15) is 17.5 Å². The highest BCUT2D eigenvalue weighted by atomic mass is 16.7. The van der Waals surface area contributed by atoms with Gasteiger partial charge in [0, 0.05) is 28.7 Å². The second kappa shape index (κ2) is 6.76. The Labute approximate surface area is 205 Å². The lowest BCUT2D eigenvalue weighted by Gasteiger charge is -2.64. The summed E-state index contributed by atoms with van der Waals surface area (Å²) in [5.41, 5.74) is -2.79. The largest absolute Gasteiger partial charge is 0.472 e. The summed E-state index contributed by atoms with van der Waals surface area (Å²) < 4.78 is 29.2. The number of Topliss-reactive ketones (excluding diaryl/α,β-unsaturated/α-hetero) is 1. The second-order valence-corrected chi connectivity index (χ2v) is 12.4. The van der Waals surface area contributed by atoms with Crippen LogP contribution in [-0.2, 0) is 33.3 Å². The van der Waals surface area contributed by atoms with Gasteiger partial charge in [-0.2, -0.15) is 0 Å². The monoisotopic (exact) mass is 486 g/mol. The third-order valence-corrected chi connectivity index (χ3v) is 10.8. The van der Waals surface area contributed by atoms with Crippen LogP contribution in [0.5, 0.6) is 0 Å². The van der Waals surface area contributed by atoms with Gasteiger partial charge in [-0.15, -0.1) is 0 Å². The predicted octanol–water partition coefficient (Wildman–Crippen LogP) is 3.77. The fourth-order valence-corrected chi connectivity index (χ4v) is 9.17. The van der Waals surface area contributed by atoms with Gasteiger partial charge in [-0.1, -0.05) is 13.8 Å². The summed E-state index contributed by atoms with van der Waals surface area (Å²) >= 11 is 0. The number of carbonyl (C=O) groups excluding carboxylic acids is 3. The molecule has 0 N–H and O–H groups in total. The number of fused-ring (bicyclic) bond motifs is 3. The van der Waals surface area contributed by atoms with Gasteiger partial charge in [-0.05, 0) is 45.6 Å². The van der Waals surface area contributed by atoms with Crippen LogP contribution in [0.2, 0.25) is 0 Å². The van der Waals surface area contributed by atoms with Crippen LogP contribution >= 0.6 is 0 Å². The first-order valence-electron chi connectivity index (χ1n) is 12.6. The molecule has 0 radical (unpaired) electrons. The number of rotatable bonds is 3.